The molecule has 0 saturated carbocycles. The Kier molecular flexibility index (Phi) is 5.88. The van der Waals surface area contributed by atoms with Crippen molar-refractivity contribution in [3.63, 3.8) is 0 Å². The molecule has 4 nitrogen and oxygen atoms in total. The van der Waals surface area contributed by atoms with Crippen LogP contribution < -0.4 is 8.00 Å². The van der Waals surface area contributed by atoms with E-state index in [2.05, 4.69) is 81.1 Å². The average molecular weight is 324 g/mol. The fourth-order valence-corrected chi connectivity index (χ4v) is 11.5. The summed E-state index contributed by atoms with van der Waals surface area (Å²) in [6.45, 7) is 13.4. The molecule has 5 heteroatoms. The van der Waals surface area contributed by atoms with E-state index in [-0.39, 0.29) is 0 Å². The Morgan fingerprint density at radius 2 is 1.14 bits per heavy atom. The molecule has 0 atom stereocenters. The van der Waals surface area contributed by atoms with Gasteiger partial charge in [0.15, 0.2) is 0 Å². The van der Waals surface area contributed by atoms with Crippen molar-refractivity contribution < 1.29 is 17.1 Å². The van der Waals surface area contributed by atoms with Crippen LogP contribution in [0.25, 0.3) is 0 Å². The molecule has 2 heterocycles. The Labute approximate surface area is 132 Å². The van der Waals surface area contributed by atoms with Crippen LogP contribution in [0.2, 0.25) is 0 Å². The van der Waals surface area contributed by atoms with Gasteiger partial charge >= 0.3 is 132 Å². The fourth-order valence-electron chi connectivity index (χ4n) is 3.48. The van der Waals surface area contributed by atoms with Crippen LogP contribution in [0.3, 0.4) is 0 Å². The summed E-state index contributed by atoms with van der Waals surface area (Å²) in [6.07, 6.45) is 4.12. The summed E-state index contributed by atoms with van der Waals surface area (Å²) in [4.78, 5) is 7.09. The Hall–Kier alpha value is -0.806. The second-order valence-corrected chi connectivity index (χ2v) is 10.9. The van der Waals surface area contributed by atoms with E-state index in [0.717, 1.165) is 26.2 Å². The van der Waals surface area contributed by atoms with Crippen molar-refractivity contribution in [2.24, 2.45) is 0 Å². The van der Waals surface area contributed by atoms with Crippen LogP contribution in [0.4, 0.5) is 0 Å². The molecule has 0 aromatic carbocycles. The fraction of sp³-hybridized carbons (Fsp3) is 0.500. The molecule has 0 aliphatic heterocycles. The summed E-state index contributed by atoms with van der Waals surface area (Å²) in [6, 6.07) is 8.81. The van der Waals surface area contributed by atoms with E-state index < -0.39 is 17.1 Å². The topological polar surface area (TPSA) is 38.1 Å². The summed E-state index contributed by atoms with van der Waals surface area (Å²) in [5.41, 5.74) is 0. The van der Waals surface area contributed by atoms with Crippen molar-refractivity contribution in [3.05, 3.63) is 36.7 Å². The number of aromatic nitrogens is 2. The van der Waals surface area contributed by atoms with Gasteiger partial charge in [0.05, 0.1) is 0 Å². The standard InChI is InChI=1S/2C4H4N.2C4H10N.Ti/c2*1-2-4-5-3-1;2*1-3-5-4-2;/h2*1-3,5H;2*3-4H2,1-2H3;/q;;2*-1;+2. The maximum absolute atomic E-state index is 3.54. The van der Waals surface area contributed by atoms with E-state index in [4.69, 9.17) is 0 Å². The second kappa shape index (κ2) is 7.45. The van der Waals surface area contributed by atoms with E-state index in [0.29, 0.717) is 0 Å². The molecule has 0 aliphatic rings. The molecule has 2 aromatic heterocycles. The van der Waals surface area contributed by atoms with Crippen LogP contribution in [0.5, 0.6) is 0 Å². The number of hydrogen-bond acceptors (Lipinski definition) is 2. The van der Waals surface area contributed by atoms with Gasteiger partial charge in [0, 0.05) is 0 Å². The van der Waals surface area contributed by atoms with Crippen LogP contribution >= 0.6 is 0 Å². The Bertz CT molecular complexity index is 450. The minimum atomic E-state index is -2.81. The number of H-pyrrole nitrogens is 2. The minimum absolute atomic E-state index is 1.07. The first-order chi connectivity index (χ1) is 10.2. The van der Waals surface area contributed by atoms with Gasteiger partial charge in [-0.15, -0.1) is 0 Å². The zero-order chi connectivity index (χ0) is 15.3. The molecule has 0 unspecified atom stereocenters. The van der Waals surface area contributed by atoms with Crippen molar-refractivity contribution in [2.75, 3.05) is 26.2 Å². The van der Waals surface area contributed by atoms with Gasteiger partial charge in [-0.3, -0.25) is 0 Å². The van der Waals surface area contributed by atoms with E-state index in [1.807, 2.05) is 0 Å². The Morgan fingerprint density at radius 3 is 1.38 bits per heavy atom. The summed E-state index contributed by atoms with van der Waals surface area (Å²) in [5, 5.41) is 0. The van der Waals surface area contributed by atoms with Gasteiger partial charge in [0.1, 0.15) is 0 Å². The summed E-state index contributed by atoms with van der Waals surface area (Å²) in [5.74, 6) is 0. The molecule has 2 aromatic rings. The second-order valence-electron chi connectivity index (χ2n) is 5.18. The third-order valence-electron chi connectivity index (χ3n) is 4.39. The first kappa shape index (κ1) is 16.6. The van der Waals surface area contributed by atoms with Gasteiger partial charge in [-0.05, 0) is 0 Å². The van der Waals surface area contributed by atoms with Crippen molar-refractivity contribution >= 4 is 8.00 Å². The number of nitrogens with one attached hydrogen (secondary N) is 2. The van der Waals surface area contributed by atoms with Gasteiger partial charge in [-0.2, -0.15) is 0 Å². The normalized spacial score (nSPS) is 12.5. The molecule has 21 heavy (non-hydrogen) atoms. The molecule has 0 amide bonds. The molecule has 0 aliphatic carbocycles. The first-order valence-corrected chi connectivity index (χ1v) is 11.0. The quantitative estimate of drug-likeness (QED) is 0.729. The number of hydrogen-bond donors (Lipinski definition) is 2. The van der Waals surface area contributed by atoms with Gasteiger partial charge < -0.3 is 0 Å². The molecular formula is C16H28N4Ti. The summed E-state index contributed by atoms with van der Waals surface area (Å²) in [7, 11) is 0. The van der Waals surface area contributed by atoms with Crippen LogP contribution in [-0.4, -0.2) is 42.9 Å². The van der Waals surface area contributed by atoms with Crippen molar-refractivity contribution in [2.45, 2.75) is 27.7 Å². The van der Waals surface area contributed by atoms with Crippen LogP contribution in [0, 0.1) is 0 Å². The van der Waals surface area contributed by atoms with Gasteiger partial charge in [-0.25, -0.2) is 0 Å². The van der Waals surface area contributed by atoms with Crippen LogP contribution in [0.1, 0.15) is 27.7 Å². The zero-order valence-electron chi connectivity index (χ0n) is 13.7. The van der Waals surface area contributed by atoms with E-state index >= 15 is 0 Å². The molecule has 2 rings (SSSR count). The predicted molar refractivity (Wildman–Crippen MR) is 86.7 cm³/mol. The summed E-state index contributed by atoms with van der Waals surface area (Å²) >= 11 is -2.81. The van der Waals surface area contributed by atoms with Gasteiger partial charge in [-0.1, -0.05) is 0 Å². The molecule has 2 N–H and O–H groups in total. The van der Waals surface area contributed by atoms with Crippen molar-refractivity contribution in [1.29, 1.82) is 0 Å². The molecule has 0 fully saturated rings. The maximum atomic E-state index is 3.54. The van der Waals surface area contributed by atoms with Gasteiger partial charge in [0.25, 0.3) is 0 Å². The summed E-state index contributed by atoms with van der Waals surface area (Å²) < 4.78 is 8.21. The van der Waals surface area contributed by atoms with Crippen LogP contribution in [-0.2, 0) is 17.1 Å². The van der Waals surface area contributed by atoms with Crippen molar-refractivity contribution in [1.82, 2.24) is 16.7 Å². The van der Waals surface area contributed by atoms with E-state index in [1.165, 1.54) is 8.00 Å². The van der Waals surface area contributed by atoms with E-state index in [9.17, 15) is 0 Å². The average Bonchev–Trinajstić information content (AvgIpc) is 3.21. The molecule has 116 valence electrons. The predicted octanol–water partition coefficient (Wildman–Crippen LogP) is 1.96. The number of nitrogens with zero attached hydrogens (tertiary/aromatic N) is 2. The third kappa shape index (κ3) is 2.78. The SMILES string of the molecule is CC[N](CC)[Ti]([c]1ccc[nH]1)([c]1ccc[nH]1)[N](CC)CC. The Morgan fingerprint density at radius 1 is 0.762 bits per heavy atom. The van der Waals surface area contributed by atoms with Crippen LogP contribution in [0.15, 0.2) is 36.7 Å². The molecule has 0 spiro atoms. The van der Waals surface area contributed by atoms with Gasteiger partial charge in [0.2, 0.25) is 0 Å². The van der Waals surface area contributed by atoms with E-state index in [1.54, 1.807) is 0 Å². The monoisotopic (exact) mass is 324 g/mol. The van der Waals surface area contributed by atoms with Crippen molar-refractivity contribution in [3.8, 4) is 0 Å². The molecule has 0 radical (unpaired) electrons. The Balaban J connectivity index is 2.69. The molecular weight excluding hydrogens is 296 g/mol. The number of aromatic amines is 2. The first-order valence-electron chi connectivity index (χ1n) is 8.03. The third-order valence-corrected chi connectivity index (χ3v) is 12.5. The molecule has 0 bridgehead atoms. The molecule has 0 saturated heterocycles. The number of rotatable bonds is 8. The zero-order valence-corrected chi connectivity index (χ0v) is 15.2.